The van der Waals surface area contributed by atoms with E-state index in [0.29, 0.717) is 21.5 Å². The minimum Gasteiger partial charge on any atom is -0.436 e. The summed E-state index contributed by atoms with van der Waals surface area (Å²) < 4.78 is 5.55. The molecule has 0 bridgehead atoms. The number of benzene rings is 1. The molecule has 2 aromatic rings. The van der Waals surface area contributed by atoms with Gasteiger partial charge in [0.2, 0.25) is 5.88 Å². The zero-order chi connectivity index (χ0) is 12.4. The highest BCUT2D eigenvalue weighted by Crippen LogP contribution is 2.33. The predicted octanol–water partition coefficient (Wildman–Crippen LogP) is 4.07. The second-order valence-corrected chi connectivity index (χ2v) is 4.41. The van der Waals surface area contributed by atoms with Crippen LogP contribution in [0.5, 0.6) is 11.6 Å². The molecule has 2 N–H and O–H groups in total. The van der Waals surface area contributed by atoms with Gasteiger partial charge in [0.1, 0.15) is 10.8 Å². The SMILES string of the molecule is Cc1ccc(Cl)c(Oc2ncc(N)cc2Cl)c1. The van der Waals surface area contributed by atoms with Gasteiger partial charge in [0.25, 0.3) is 0 Å². The Morgan fingerprint density at radius 3 is 2.65 bits per heavy atom. The summed E-state index contributed by atoms with van der Waals surface area (Å²) in [4.78, 5) is 4.01. The molecule has 0 spiro atoms. The van der Waals surface area contributed by atoms with Crippen LogP contribution in [0.4, 0.5) is 5.69 Å². The summed E-state index contributed by atoms with van der Waals surface area (Å²) in [6, 6.07) is 7.05. The van der Waals surface area contributed by atoms with Crippen LogP contribution in [0.25, 0.3) is 0 Å². The van der Waals surface area contributed by atoms with Gasteiger partial charge in [0, 0.05) is 0 Å². The molecule has 0 fully saturated rings. The number of aromatic nitrogens is 1. The average Bonchev–Trinajstić information content (AvgIpc) is 2.27. The van der Waals surface area contributed by atoms with Crippen molar-refractivity contribution in [2.45, 2.75) is 6.92 Å². The second kappa shape index (κ2) is 4.82. The van der Waals surface area contributed by atoms with Crippen molar-refractivity contribution < 1.29 is 4.74 Å². The van der Waals surface area contributed by atoms with E-state index in [1.165, 1.54) is 6.20 Å². The Kier molecular flexibility index (Phi) is 3.41. The molecule has 88 valence electrons. The van der Waals surface area contributed by atoms with Crippen molar-refractivity contribution in [3.05, 3.63) is 46.1 Å². The van der Waals surface area contributed by atoms with Crippen molar-refractivity contribution >= 4 is 28.9 Å². The number of ether oxygens (including phenoxy) is 1. The summed E-state index contributed by atoms with van der Waals surface area (Å²) in [5, 5.41) is 0.855. The predicted molar refractivity (Wildman–Crippen MR) is 69.9 cm³/mol. The van der Waals surface area contributed by atoms with Crippen LogP contribution >= 0.6 is 23.2 Å². The fourth-order valence-electron chi connectivity index (χ4n) is 1.31. The van der Waals surface area contributed by atoms with Crippen LogP contribution in [-0.4, -0.2) is 4.98 Å². The van der Waals surface area contributed by atoms with Gasteiger partial charge in [-0.15, -0.1) is 0 Å². The molecule has 1 aromatic carbocycles. The number of hydrogen-bond acceptors (Lipinski definition) is 3. The van der Waals surface area contributed by atoms with Crippen LogP contribution in [0.2, 0.25) is 10.0 Å². The normalized spacial score (nSPS) is 10.3. The van der Waals surface area contributed by atoms with E-state index < -0.39 is 0 Å². The molecule has 0 atom stereocenters. The third kappa shape index (κ3) is 2.81. The summed E-state index contributed by atoms with van der Waals surface area (Å²) in [7, 11) is 0. The van der Waals surface area contributed by atoms with E-state index in [1.807, 2.05) is 19.1 Å². The van der Waals surface area contributed by atoms with Gasteiger partial charge < -0.3 is 10.5 Å². The number of pyridine rings is 1. The van der Waals surface area contributed by atoms with E-state index in [0.717, 1.165) is 5.56 Å². The highest BCUT2D eigenvalue weighted by molar-refractivity contribution is 6.32. The molecule has 0 saturated carbocycles. The maximum atomic E-state index is 6.01. The van der Waals surface area contributed by atoms with Gasteiger partial charge in [-0.1, -0.05) is 29.3 Å². The van der Waals surface area contributed by atoms with Crippen LogP contribution in [-0.2, 0) is 0 Å². The van der Waals surface area contributed by atoms with Gasteiger partial charge in [-0.05, 0) is 30.7 Å². The van der Waals surface area contributed by atoms with Crippen molar-refractivity contribution in [2.24, 2.45) is 0 Å². The lowest BCUT2D eigenvalue weighted by atomic mass is 10.2. The van der Waals surface area contributed by atoms with Crippen LogP contribution in [0.3, 0.4) is 0 Å². The van der Waals surface area contributed by atoms with Gasteiger partial charge in [0.05, 0.1) is 16.9 Å². The monoisotopic (exact) mass is 268 g/mol. The van der Waals surface area contributed by atoms with Crippen molar-refractivity contribution in [3.63, 3.8) is 0 Å². The van der Waals surface area contributed by atoms with Gasteiger partial charge in [0.15, 0.2) is 0 Å². The van der Waals surface area contributed by atoms with Crippen LogP contribution in [0.1, 0.15) is 5.56 Å². The summed E-state index contributed by atoms with van der Waals surface area (Å²) in [6.45, 7) is 1.95. The number of rotatable bonds is 2. The fraction of sp³-hybridized carbons (Fsp3) is 0.0833. The first-order chi connectivity index (χ1) is 8.06. The van der Waals surface area contributed by atoms with Crippen LogP contribution in [0.15, 0.2) is 30.5 Å². The van der Waals surface area contributed by atoms with Crippen molar-refractivity contribution in [1.82, 2.24) is 4.98 Å². The fourth-order valence-corrected chi connectivity index (χ4v) is 1.68. The van der Waals surface area contributed by atoms with E-state index in [-0.39, 0.29) is 5.88 Å². The first-order valence-corrected chi connectivity index (χ1v) is 5.67. The molecule has 0 saturated heterocycles. The summed E-state index contributed by atoms with van der Waals surface area (Å²) in [6.07, 6.45) is 1.48. The minimum atomic E-state index is 0.286. The maximum absolute atomic E-state index is 6.01. The standard InChI is InChI=1S/C12H10Cl2N2O/c1-7-2-3-9(13)11(4-7)17-12-10(14)5-8(15)6-16-12/h2-6H,15H2,1H3. The van der Waals surface area contributed by atoms with Crippen LogP contribution < -0.4 is 10.5 Å². The summed E-state index contributed by atoms with van der Waals surface area (Å²) >= 11 is 12.0. The molecule has 1 aromatic heterocycles. The Morgan fingerprint density at radius 2 is 1.94 bits per heavy atom. The number of nitrogen functional groups attached to an aromatic ring is 1. The van der Waals surface area contributed by atoms with E-state index >= 15 is 0 Å². The Morgan fingerprint density at radius 1 is 1.18 bits per heavy atom. The molecule has 2 rings (SSSR count). The highest BCUT2D eigenvalue weighted by atomic mass is 35.5. The molecule has 0 radical (unpaired) electrons. The topological polar surface area (TPSA) is 48.1 Å². The number of hydrogen-bond donors (Lipinski definition) is 1. The number of nitrogens with two attached hydrogens (primary N) is 1. The molecule has 0 aliphatic rings. The van der Waals surface area contributed by atoms with E-state index in [4.69, 9.17) is 33.7 Å². The highest BCUT2D eigenvalue weighted by Gasteiger charge is 2.08. The minimum absolute atomic E-state index is 0.286. The Hall–Kier alpha value is -1.45. The zero-order valence-corrected chi connectivity index (χ0v) is 10.6. The number of anilines is 1. The van der Waals surface area contributed by atoms with E-state index in [1.54, 1.807) is 12.1 Å². The molecule has 0 aliphatic heterocycles. The van der Waals surface area contributed by atoms with Gasteiger partial charge in [-0.2, -0.15) is 0 Å². The third-order valence-electron chi connectivity index (χ3n) is 2.12. The first kappa shape index (κ1) is 12.0. The van der Waals surface area contributed by atoms with Crippen molar-refractivity contribution in [1.29, 1.82) is 0 Å². The molecule has 5 heteroatoms. The first-order valence-electron chi connectivity index (χ1n) is 4.91. The van der Waals surface area contributed by atoms with Crippen molar-refractivity contribution in [2.75, 3.05) is 5.73 Å². The molecule has 0 aliphatic carbocycles. The van der Waals surface area contributed by atoms with E-state index in [9.17, 15) is 0 Å². The van der Waals surface area contributed by atoms with Gasteiger partial charge in [-0.3, -0.25) is 0 Å². The summed E-state index contributed by atoms with van der Waals surface area (Å²) in [5.41, 5.74) is 7.07. The Bertz CT molecular complexity index is 558. The quantitative estimate of drug-likeness (QED) is 0.893. The van der Waals surface area contributed by atoms with Gasteiger partial charge in [-0.25, -0.2) is 4.98 Å². The smallest absolute Gasteiger partial charge is 0.238 e. The third-order valence-corrected chi connectivity index (χ3v) is 2.70. The molecule has 0 amide bonds. The zero-order valence-electron chi connectivity index (χ0n) is 9.08. The average molecular weight is 269 g/mol. The van der Waals surface area contributed by atoms with Crippen molar-refractivity contribution in [3.8, 4) is 11.6 Å². The number of nitrogens with zero attached hydrogens (tertiary/aromatic N) is 1. The van der Waals surface area contributed by atoms with E-state index in [2.05, 4.69) is 4.98 Å². The lowest BCUT2D eigenvalue weighted by Gasteiger charge is -2.09. The molecule has 3 nitrogen and oxygen atoms in total. The Balaban J connectivity index is 2.34. The molecule has 0 unspecified atom stereocenters. The molecular weight excluding hydrogens is 259 g/mol. The lowest BCUT2D eigenvalue weighted by molar-refractivity contribution is 0.463. The number of aryl methyl sites for hydroxylation is 1. The van der Waals surface area contributed by atoms with Crippen LogP contribution in [0, 0.1) is 6.92 Å². The molecular formula is C12H10Cl2N2O. The lowest BCUT2D eigenvalue weighted by Crippen LogP contribution is -1.93. The molecule has 1 heterocycles. The molecule has 17 heavy (non-hydrogen) atoms. The van der Waals surface area contributed by atoms with Gasteiger partial charge >= 0.3 is 0 Å². The summed E-state index contributed by atoms with van der Waals surface area (Å²) in [5.74, 6) is 0.805. The largest absolute Gasteiger partial charge is 0.436 e. The number of halogens is 2. The maximum Gasteiger partial charge on any atom is 0.238 e. The Labute approximate surface area is 109 Å². The second-order valence-electron chi connectivity index (χ2n) is 3.59.